The summed E-state index contributed by atoms with van der Waals surface area (Å²) >= 11 is 12.0. The van der Waals surface area contributed by atoms with Crippen molar-refractivity contribution >= 4 is 46.4 Å². The average molecular weight is 365 g/mol. The van der Waals surface area contributed by atoms with Crippen LogP contribution in [0.15, 0.2) is 42.5 Å². The lowest BCUT2D eigenvalue weighted by atomic mass is 10.1. The quantitative estimate of drug-likeness (QED) is 0.845. The third-order valence-electron chi connectivity index (χ3n) is 3.51. The zero-order chi connectivity index (χ0) is 17.7. The van der Waals surface area contributed by atoms with Gasteiger partial charge in [-0.05, 0) is 36.2 Å². The summed E-state index contributed by atoms with van der Waals surface area (Å²) in [6.45, 7) is 3.28. The summed E-state index contributed by atoms with van der Waals surface area (Å²) in [6, 6.07) is 12.3. The molecule has 2 aromatic carbocycles. The molecule has 0 unspecified atom stereocenters. The van der Waals surface area contributed by atoms with Crippen LogP contribution in [0.25, 0.3) is 0 Å². The smallest absolute Gasteiger partial charge is 0.244 e. The van der Waals surface area contributed by atoms with Crippen LogP contribution < -0.4 is 10.2 Å². The number of carbonyl (C=O) groups excluding carboxylic acids is 2. The molecule has 0 atom stereocenters. The Labute approximate surface area is 151 Å². The van der Waals surface area contributed by atoms with Gasteiger partial charge in [-0.15, -0.1) is 0 Å². The van der Waals surface area contributed by atoms with Gasteiger partial charge in [-0.1, -0.05) is 48.3 Å². The van der Waals surface area contributed by atoms with Gasteiger partial charge in [0, 0.05) is 28.3 Å². The maximum absolute atomic E-state index is 12.4. The molecule has 6 heteroatoms. The predicted octanol–water partition coefficient (Wildman–Crippen LogP) is 4.55. The molecule has 0 aromatic heterocycles. The molecule has 1 N–H and O–H groups in total. The number of carbonyl (C=O) groups is 2. The number of aryl methyl sites for hydroxylation is 1. The maximum Gasteiger partial charge on any atom is 0.244 e. The fraction of sp³-hybridized carbons (Fsp3) is 0.222. The SMILES string of the molecule is CCc1ccccc1NC(=O)CN(C(C)=O)c1cc(Cl)cc(Cl)c1. The topological polar surface area (TPSA) is 49.4 Å². The Morgan fingerprint density at radius 2 is 1.71 bits per heavy atom. The van der Waals surface area contributed by atoms with E-state index in [0.717, 1.165) is 17.7 Å². The van der Waals surface area contributed by atoms with E-state index in [-0.39, 0.29) is 18.4 Å². The van der Waals surface area contributed by atoms with Crippen molar-refractivity contribution in [2.45, 2.75) is 20.3 Å². The Kier molecular flexibility index (Phi) is 6.23. The molecular formula is C18H18Cl2N2O2. The zero-order valence-electron chi connectivity index (χ0n) is 13.5. The van der Waals surface area contributed by atoms with Crippen molar-refractivity contribution in [2.24, 2.45) is 0 Å². The van der Waals surface area contributed by atoms with Gasteiger partial charge in [-0.2, -0.15) is 0 Å². The molecule has 0 heterocycles. The summed E-state index contributed by atoms with van der Waals surface area (Å²) < 4.78 is 0. The molecule has 24 heavy (non-hydrogen) atoms. The minimum absolute atomic E-state index is 0.121. The van der Waals surface area contributed by atoms with Crippen LogP contribution in [0.5, 0.6) is 0 Å². The summed E-state index contributed by atoms with van der Waals surface area (Å²) in [5.74, 6) is -0.561. The van der Waals surface area contributed by atoms with Gasteiger partial charge in [-0.25, -0.2) is 0 Å². The highest BCUT2D eigenvalue weighted by Gasteiger charge is 2.17. The van der Waals surface area contributed by atoms with Gasteiger partial charge in [0.05, 0.1) is 0 Å². The Morgan fingerprint density at radius 1 is 1.08 bits per heavy atom. The first-order valence-electron chi connectivity index (χ1n) is 7.52. The molecule has 4 nitrogen and oxygen atoms in total. The number of nitrogens with zero attached hydrogens (tertiary/aromatic N) is 1. The van der Waals surface area contributed by atoms with Crippen LogP contribution >= 0.6 is 23.2 Å². The summed E-state index contributed by atoms with van der Waals surface area (Å²) in [5, 5.41) is 3.65. The van der Waals surface area contributed by atoms with E-state index in [1.54, 1.807) is 18.2 Å². The number of hydrogen-bond acceptors (Lipinski definition) is 2. The number of anilines is 2. The second-order valence-corrected chi connectivity index (χ2v) is 6.16. The number of para-hydroxylation sites is 1. The fourth-order valence-electron chi connectivity index (χ4n) is 2.36. The van der Waals surface area contributed by atoms with E-state index in [9.17, 15) is 9.59 Å². The Morgan fingerprint density at radius 3 is 2.29 bits per heavy atom. The highest BCUT2D eigenvalue weighted by molar-refractivity contribution is 6.35. The zero-order valence-corrected chi connectivity index (χ0v) is 15.0. The summed E-state index contributed by atoms with van der Waals surface area (Å²) in [6.07, 6.45) is 0.802. The number of halogens is 2. The molecule has 0 spiro atoms. The number of benzene rings is 2. The van der Waals surface area contributed by atoms with Crippen LogP contribution in [0.2, 0.25) is 10.0 Å². The standard InChI is InChI=1S/C18H18Cl2N2O2/c1-3-13-6-4-5-7-17(13)21-18(24)11-22(12(2)23)16-9-14(19)8-15(20)10-16/h4-10H,3,11H2,1-2H3,(H,21,24). The van der Waals surface area contributed by atoms with Crippen molar-refractivity contribution in [3.05, 3.63) is 58.1 Å². The van der Waals surface area contributed by atoms with Gasteiger partial charge in [0.1, 0.15) is 6.54 Å². The molecule has 0 bridgehead atoms. The third kappa shape index (κ3) is 4.73. The van der Waals surface area contributed by atoms with Crippen LogP contribution in [0.3, 0.4) is 0 Å². The second kappa shape index (κ2) is 8.18. The molecule has 2 aromatic rings. The van der Waals surface area contributed by atoms with E-state index >= 15 is 0 Å². The first-order valence-corrected chi connectivity index (χ1v) is 8.28. The van der Waals surface area contributed by atoms with Gasteiger partial charge in [-0.3, -0.25) is 9.59 Å². The van der Waals surface area contributed by atoms with E-state index in [4.69, 9.17) is 23.2 Å². The van der Waals surface area contributed by atoms with Crippen molar-refractivity contribution in [1.29, 1.82) is 0 Å². The molecule has 2 amide bonds. The lowest BCUT2D eigenvalue weighted by molar-refractivity contribution is -0.120. The molecule has 0 saturated heterocycles. The number of nitrogens with one attached hydrogen (secondary N) is 1. The number of hydrogen-bond donors (Lipinski definition) is 1. The van der Waals surface area contributed by atoms with E-state index in [2.05, 4.69) is 5.32 Å². The Hall–Kier alpha value is -2.04. The molecule has 0 fully saturated rings. The molecule has 2 rings (SSSR count). The van der Waals surface area contributed by atoms with E-state index in [0.29, 0.717) is 15.7 Å². The second-order valence-electron chi connectivity index (χ2n) is 5.29. The Bertz CT molecular complexity index is 742. The van der Waals surface area contributed by atoms with E-state index < -0.39 is 0 Å². The van der Waals surface area contributed by atoms with Crippen LogP contribution in [0.1, 0.15) is 19.4 Å². The van der Waals surface area contributed by atoms with Crippen molar-refractivity contribution in [2.75, 3.05) is 16.8 Å². The molecule has 0 radical (unpaired) electrons. The van der Waals surface area contributed by atoms with Crippen LogP contribution in [0.4, 0.5) is 11.4 Å². The summed E-state index contributed by atoms with van der Waals surface area (Å²) in [5.41, 5.74) is 2.27. The van der Waals surface area contributed by atoms with Gasteiger partial charge in [0.15, 0.2) is 0 Å². The average Bonchev–Trinajstić information content (AvgIpc) is 2.52. The molecule has 0 saturated carbocycles. The number of amides is 2. The van der Waals surface area contributed by atoms with Crippen LogP contribution in [0, 0.1) is 0 Å². The molecule has 0 aliphatic carbocycles. The predicted molar refractivity (Wildman–Crippen MR) is 98.9 cm³/mol. The largest absolute Gasteiger partial charge is 0.324 e. The first-order chi connectivity index (χ1) is 11.4. The third-order valence-corrected chi connectivity index (χ3v) is 3.95. The van der Waals surface area contributed by atoms with Crippen molar-refractivity contribution < 1.29 is 9.59 Å². The van der Waals surface area contributed by atoms with Gasteiger partial charge in [0.2, 0.25) is 11.8 Å². The minimum Gasteiger partial charge on any atom is -0.324 e. The first kappa shape index (κ1) is 18.3. The van der Waals surface area contributed by atoms with Crippen molar-refractivity contribution in [1.82, 2.24) is 0 Å². The van der Waals surface area contributed by atoms with Gasteiger partial charge >= 0.3 is 0 Å². The van der Waals surface area contributed by atoms with E-state index in [1.165, 1.54) is 11.8 Å². The highest BCUT2D eigenvalue weighted by atomic mass is 35.5. The van der Waals surface area contributed by atoms with Crippen LogP contribution in [-0.4, -0.2) is 18.4 Å². The fourth-order valence-corrected chi connectivity index (χ4v) is 2.88. The molecule has 0 aliphatic heterocycles. The molecular weight excluding hydrogens is 347 g/mol. The minimum atomic E-state index is -0.290. The summed E-state index contributed by atoms with van der Waals surface area (Å²) in [7, 11) is 0. The normalized spacial score (nSPS) is 10.3. The van der Waals surface area contributed by atoms with Crippen LogP contribution in [-0.2, 0) is 16.0 Å². The Balaban J connectivity index is 2.18. The summed E-state index contributed by atoms with van der Waals surface area (Å²) in [4.78, 5) is 25.6. The van der Waals surface area contributed by atoms with Gasteiger partial charge < -0.3 is 10.2 Å². The molecule has 126 valence electrons. The highest BCUT2D eigenvalue weighted by Crippen LogP contribution is 2.25. The monoisotopic (exact) mass is 364 g/mol. The maximum atomic E-state index is 12.4. The lowest BCUT2D eigenvalue weighted by Crippen LogP contribution is -2.36. The van der Waals surface area contributed by atoms with E-state index in [1.807, 2.05) is 31.2 Å². The van der Waals surface area contributed by atoms with Crippen molar-refractivity contribution in [3.63, 3.8) is 0 Å². The molecule has 0 aliphatic rings. The van der Waals surface area contributed by atoms with Gasteiger partial charge in [0.25, 0.3) is 0 Å². The van der Waals surface area contributed by atoms with Crippen molar-refractivity contribution in [3.8, 4) is 0 Å². The number of rotatable bonds is 5. The lowest BCUT2D eigenvalue weighted by Gasteiger charge is -2.21.